The molecule has 2 rings (SSSR count). The minimum Gasteiger partial charge on any atom is -0.490 e. The standard InChI is InChI=1S/C14H10F4O2/c15-9-4-10(16)6-11(5-9)20-7-14(19)8-1-2-12(17)13(18)3-8/h1-6,14,19H,7H2. The molecule has 0 heterocycles. The molecule has 0 radical (unpaired) electrons. The molecule has 2 aromatic carbocycles. The van der Waals surface area contributed by atoms with Crippen LogP contribution in [0.1, 0.15) is 11.7 Å². The number of aliphatic hydroxyl groups is 1. The summed E-state index contributed by atoms with van der Waals surface area (Å²) in [5.74, 6) is -3.87. The second-order valence-corrected chi connectivity index (χ2v) is 4.11. The number of benzene rings is 2. The van der Waals surface area contributed by atoms with Crippen molar-refractivity contribution >= 4 is 0 Å². The van der Waals surface area contributed by atoms with E-state index >= 15 is 0 Å². The molecule has 1 atom stereocenters. The van der Waals surface area contributed by atoms with Crippen molar-refractivity contribution in [3.05, 3.63) is 65.2 Å². The van der Waals surface area contributed by atoms with Crippen LogP contribution in [-0.2, 0) is 0 Å². The van der Waals surface area contributed by atoms with Crippen LogP contribution in [0, 0.1) is 23.3 Å². The SMILES string of the molecule is OC(COc1cc(F)cc(F)c1)c1ccc(F)c(F)c1. The van der Waals surface area contributed by atoms with Crippen LogP contribution in [-0.4, -0.2) is 11.7 Å². The van der Waals surface area contributed by atoms with Crippen molar-refractivity contribution < 1.29 is 27.4 Å². The average molecular weight is 286 g/mol. The van der Waals surface area contributed by atoms with Gasteiger partial charge in [-0.3, -0.25) is 0 Å². The van der Waals surface area contributed by atoms with Gasteiger partial charge in [-0.15, -0.1) is 0 Å². The Morgan fingerprint density at radius 1 is 0.900 bits per heavy atom. The van der Waals surface area contributed by atoms with E-state index in [1.165, 1.54) is 6.07 Å². The first kappa shape index (κ1) is 14.3. The van der Waals surface area contributed by atoms with Crippen LogP contribution >= 0.6 is 0 Å². The van der Waals surface area contributed by atoms with Crippen LogP contribution in [0.2, 0.25) is 0 Å². The first-order valence-corrected chi connectivity index (χ1v) is 5.67. The topological polar surface area (TPSA) is 29.5 Å². The summed E-state index contributed by atoms with van der Waals surface area (Å²) >= 11 is 0. The van der Waals surface area contributed by atoms with Gasteiger partial charge in [0.2, 0.25) is 0 Å². The quantitative estimate of drug-likeness (QED) is 0.873. The number of rotatable bonds is 4. The van der Waals surface area contributed by atoms with Gasteiger partial charge in [0.15, 0.2) is 11.6 Å². The smallest absolute Gasteiger partial charge is 0.159 e. The van der Waals surface area contributed by atoms with Crippen LogP contribution in [0.15, 0.2) is 36.4 Å². The highest BCUT2D eigenvalue weighted by Crippen LogP contribution is 2.20. The zero-order valence-corrected chi connectivity index (χ0v) is 10.1. The lowest BCUT2D eigenvalue weighted by atomic mass is 10.1. The van der Waals surface area contributed by atoms with Crippen molar-refractivity contribution in [1.29, 1.82) is 0 Å². The summed E-state index contributed by atoms with van der Waals surface area (Å²) < 4.78 is 56.5. The number of ether oxygens (including phenoxy) is 1. The van der Waals surface area contributed by atoms with Crippen molar-refractivity contribution in [2.45, 2.75) is 6.10 Å². The predicted molar refractivity (Wildman–Crippen MR) is 63.2 cm³/mol. The number of aliphatic hydroxyl groups excluding tert-OH is 1. The summed E-state index contributed by atoms with van der Waals surface area (Å²) in [6.45, 7) is -0.353. The van der Waals surface area contributed by atoms with Crippen LogP contribution < -0.4 is 4.74 Å². The van der Waals surface area contributed by atoms with E-state index < -0.39 is 29.4 Å². The van der Waals surface area contributed by atoms with Crippen LogP contribution in [0.5, 0.6) is 5.75 Å². The minimum absolute atomic E-state index is 0.0979. The Bertz CT molecular complexity index is 596. The van der Waals surface area contributed by atoms with Crippen molar-refractivity contribution in [3.63, 3.8) is 0 Å². The summed E-state index contributed by atoms with van der Waals surface area (Å²) in [5.41, 5.74) is 0.0979. The van der Waals surface area contributed by atoms with Gasteiger partial charge in [0.1, 0.15) is 30.1 Å². The lowest BCUT2D eigenvalue weighted by Gasteiger charge is -2.13. The fourth-order valence-electron chi connectivity index (χ4n) is 1.60. The van der Waals surface area contributed by atoms with E-state index in [0.717, 1.165) is 24.3 Å². The Hall–Kier alpha value is -2.08. The third-order valence-corrected chi connectivity index (χ3v) is 2.57. The highest BCUT2D eigenvalue weighted by Gasteiger charge is 2.12. The second-order valence-electron chi connectivity index (χ2n) is 4.11. The third-order valence-electron chi connectivity index (χ3n) is 2.57. The van der Waals surface area contributed by atoms with Gasteiger partial charge in [-0.1, -0.05) is 6.07 Å². The molecular weight excluding hydrogens is 276 g/mol. The monoisotopic (exact) mass is 286 g/mol. The molecule has 0 amide bonds. The van der Waals surface area contributed by atoms with Gasteiger partial charge in [0, 0.05) is 18.2 Å². The molecule has 1 unspecified atom stereocenters. The Morgan fingerprint density at radius 3 is 2.15 bits per heavy atom. The molecule has 2 aromatic rings. The van der Waals surface area contributed by atoms with Gasteiger partial charge in [0.05, 0.1) is 0 Å². The highest BCUT2D eigenvalue weighted by molar-refractivity contribution is 5.24. The van der Waals surface area contributed by atoms with Gasteiger partial charge >= 0.3 is 0 Å². The van der Waals surface area contributed by atoms with E-state index in [1.807, 2.05) is 0 Å². The first-order chi connectivity index (χ1) is 9.45. The molecule has 6 heteroatoms. The molecule has 2 nitrogen and oxygen atoms in total. The number of hydrogen-bond acceptors (Lipinski definition) is 2. The average Bonchev–Trinajstić information content (AvgIpc) is 2.38. The summed E-state index contributed by atoms with van der Waals surface area (Å²) in [4.78, 5) is 0. The molecule has 0 spiro atoms. The zero-order chi connectivity index (χ0) is 14.7. The van der Waals surface area contributed by atoms with Gasteiger partial charge in [-0.2, -0.15) is 0 Å². The summed E-state index contributed by atoms with van der Waals surface area (Å²) in [7, 11) is 0. The van der Waals surface area contributed by atoms with Crippen molar-refractivity contribution in [3.8, 4) is 5.75 Å². The Kier molecular flexibility index (Phi) is 4.24. The van der Waals surface area contributed by atoms with Crippen LogP contribution in [0.4, 0.5) is 17.6 Å². The molecule has 0 bridgehead atoms. The predicted octanol–water partition coefficient (Wildman–Crippen LogP) is 3.36. The van der Waals surface area contributed by atoms with E-state index in [0.29, 0.717) is 6.07 Å². The first-order valence-electron chi connectivity index (χ1n) is 5.67. The fourth-order valence-corrected chi connectivity index (χ4v) is 1.60. The molecule has 0 aromatic heterocycles. The Labute approximate surface area is 112 Å². The van der Waals surface area contributed by atoms with E-state index in [9.17, 15) is 22.7 Å². The Balaban J connectivity index is 2.04. The molecule has 0 fully saturated rings. The molecule has 0 saturated heterocycles. The number of halogens is 4. The molecule has 106 valence electrons. The highest BCUT2D eigenvalue weighted by atomic mass is 19.2. The molecule has 0 saturated carbocycles. The molecule has 0 aliphatic carbocycles. The molecular formula is C14H10F4O2. The van der Waals surface area contributed by atoms with E-state index in [1.54, 1.807) is 0 Å². The lowest BCUT2D eigenvalue weighted by Crippen LogP contribution is -2.10. The molecule has 0 aliphatic heterocycles. The largest absolute Gasteiger partial charge is 0.490 e. The maximum absolute atomic E-state index is 13.0. The summed E-state index contributed by atoms with van der Waals surface area (Å²) in [5, 5.41) is 9.73. The molecule has 1 N–H and O–H groups in total. The van der Waals surface area contributed by atoms with Gasteiger partial charge in [-0.25, -0.2) is 17.6 Å². The normalized spacial score (nSPS) is 12.2. The summed E-state index contributed by atoms with van der Waals surface area (Å²) in [6.07, 6.45) is -1.25. The Morgan fingerprint density at radius 2 is 1.55 bits per heavy atom. The maximum Gasteiger partial charge on any atom is 0.159 e. The van der Waals surface area contributed by atoms with Crippen molar-refractivity contribution in [2.75, 3.05) is 6.61 Å². The van der Waals surface area contributed by atoms with Gasteiger partial charge in [-0.05, 0) is 17.7 Å². The van der Waals surface area contributed by atoms with Crippen molar-refractivity contribution in [1.82, 2.24) is 0 Å². The minimum atomic E-state index is -1.25. The zero-order valence-electron chi connectivity index (χ0n) is 10.1. The van der Waals surface area contributed by atoms with Crippen LogP contribution in [0.3, 0.4) is 0 Å². The second kappa shape index (κ2) is 5.92. The molecule has 20 heavy (non-hydrogen) atoms. The maximum atomic E-state index is 13.0. The van der Waals surface area contributed by atoms with E-state index in [2.05, 4.69) is 0 Å². The van der Waals surface area contributed by atoms with Gasteiger partial charge < -0.3 is 9.84 Å². The third kappa shape index (κ3) is 3.48. The van der Waals surface area contributed by atoms with Crippen LogP contribution in [0.25, 0.3) is 0 Å². The number of hydrogen-bond donors (Lipinski definition) is 1. The lowest BCUT2D eigenvalue weighted by molar-refractivity contribution is 0.107. The van der Waals surface area contributed by atoms with E-state index in [4.69, 9.17) is 4.74 Å². The van der Waals surface area contributed by atoms with E-state index in [-0.39, 0.29) is 17.9 Å². The van der Waals surface area contributed by atoms with Crippen molar-refractivity contribution in [2.24, 2.45) is 0 Å². The van der Waals surface area contributed by atoms with Gasteiger partial charge in [0.25, 0.3) is 0 Å². The summed E-state index contributed by atoms with van der Waals surface area (Å²) in [6, 6.07) is 5.46. The molecule has 0 aliphatic rings. The fraction of sp³-hybridized carbons (Fsp3) is 0.143.